The Labute approximate surface area is 94.4 Å². The zero-order valence-corrected chi connectivity index (χ0v) is 9.32. The number of H-pyrrole nitrogens is 1. The van der Waals surface area contributed by atoms with Crippen LogP contribution in [0.2, 0.25) is 0 Å². The summed E-state index contributed by atoms with van der Waals surface area (Å²) in [7, 11) is 0. The van der Waals surface area contributed by atoms with E-state index in [0.717, 1.165) is 5.69 Å². The molecule has 2 aromatic heterocycles. The summed E-state index contributed by atoms with van der Waals surface area (Å²) in [5.74, 6) is 0.903. The molecular weight excluding hydrogens is 260 g/mol. The highest BCUT2D eigenvalue weighted by Crippen LogP contribution is 2.12. The van der Waals surface area contributed by atoms with E-state index in [4.69, 9.17) is 5.73 Å². The lowest BCUT2D eigenvalue weighted by molar-refractivity contribution is 0.960. The van der Waals surface area contributed by atoms with Gasteiger partial charge in [0.15, 0.2) is 0 Å². The van der Waals surface area contributed by atoms with Crippen LogP contribution in [0.25, 0.3) is 0 Å². The Morgan fingerprint density at radius 3 is 3.00 bits per heavy atom. The van der Waals surface area contributed by atoms with Gasteiger partial charge >= 0.3 is 0 Å². The topological polar surface area (TPSA) is 92.5 Å². The largest absolute Gasteiger partial charge is 0.383 e. The zero-order chi connectivity index (χ0) is 10.7. The predicted molar refractivity (Wildman–Crippen MR) is 60.1 cm³/mol. The molecule has 0 aliphatic heterocycles. The van der Waals surface area contributed by atoms with Crippen molar-refractivity contribution in [3.8, 4) is 0 Å². The fraction of sp³-hybridized carbons (Fsp3) is 0.125. The van der Waals surface area contributed by atoms with Crippen molar-refractivity contribution in [1.29, 1.82) is 0 Å². The van der Waals surface area contributed by atoms with Gasteiger partial charge in [-0.25, -0.2) is 4.98 Å². The Morgan fingerprint density at radius 2 is 2.33 bits per heavy atom. The molecule has 2 aromatic rings. The number of nitrogens with zero attached hydrogens (tertiary/aromatic N) is 3. The SMILES string of the molecule is Nc1cc(Br)nc(NCc2ccn[nH]2)n1. The molecule has 2 rings (SSSR count). The Morgan fingerprint density at radius 1 is 1.47 bits per heavy atom. The first-order chi connectivity index (χ1) is 7.24. The van der Waals surface area contributed by atoms with Crippen LogP contribution in [0.1, 0.15) is 5.69 Å². The summed E-state index contributed by atoms with van der Waals surface area (Å²) in [6, 6.07) is 3.51. The van der Waals surface area contributed by atoms with Crippen molar-refractivity contribution in [3.63, 3.8) is 0 Å². The normalized spacial score (nSPS) is 10.2. The average molecular weight is 269 g/mol. The van der Waals surface area contributed by atoms with Gasteiger partial charge < -0.3 is 11.1 Å². The zero-order valence-electron chi connectivity index (χ0n) is 7.74. The summed E-state index contributed by atoms with van der Waals surface area (Å²) >= 11 is 3.24. The fourth-order valence-electron chi connectivity index (χ4n) is 1.07. The highest BCUT2D eigenvalue weighted by atomic mass is 79.9. The molecule has 0 saturated heterocycles. The Balaban J connectivity index is 2.05. The molecule has 0 aliphatic carbocycles. The van der Waals surface area contributed by atoms with E-state index in [1.165, 1.54) is 0 Å². The second kappa shape index (κ2) is 4.26. The van der Waals surface area contributed by atoms with Crippen LogP contribution >= 0.6 is 15.9 Å². The number of halogens is 1. The minimum Gasteiger partial charge on any atom is -0.383 e. The molecule has 4 N–H and O–H groups in total. The summed E-state index contributed by atoms with van der Waals surface area (Å²) in [6.07, 6.45) is 1.69. The van der Waals surface area contributed by atoms with Crippen molar-refractivity contribution in [2.45, 2.75) is 6.54 Å². The molecule has 0 spiro atoms. The molecular formula is C8H9BrN6. The van der Waals surface area contributed by atoms with E-state index in [-0.39, 0.29) is 0 Å². The maximum Gasteiger partial charge on any atom is 0.226 e. The number of hydrogen-bond acceptors (Lipinski definition) is 5. The fourth-order valence-corrected chi connectivity index (χ4v) is 1.47. The van der Waals surface area contributed by atoms with Crippen molar-refractivity contribution in [2.24, 2.45) is 0 Å². The van der Waals surface area contributed by atoms with Crippen LogP contribution in [0.5, 0.6) is 0 Å². The van der Waals surface area contributed by atoms with Crippen LogP contribution in [-0.4, -0.2) is 20.2 Å². The summed E-state index contributed by atoms with van der Waals surface area (Å²) in [6.45, 7) is 0.579. The highest BCUT2D eigenvalue weighted by Gasteiger charge is 2.00. The van der Waals surface area contributed by atoms with E-state index in [0.29, 0.717) is 22.9 Å². The highest BCUT2D eigenvalue weighted by molar-refractivity contribution is 9.10. The van der Waals surface area contributed by atoms with E-state index in [1.54, 1.807) is 12.3 Å². The van der Waals surface area contributed by atoms with Crippen LogP contribution < -0.4 is 11.1 Å². The molecule has 0 unspecified atom stereocenters. The number of aromatic amines is 1. The van der Waals surface area contributed by atoms with Crippen molar-refractivity contribution in [2.75, 3.05) is 11.1 Å². The van der Waals surface area contributed by atoms with Gasteiger partial charge in [-0.3, -0.25) is 5.10 Å². The first-order valence-corrected chi connectivity index (χ1v) is 5.05. The van der Waals surface area contributed by atoms with E-state index in [9.17, 15) is 0 Å². The third kappa shape index (κ3) is 2.66. The quantitative estimate of drug-likeness (QED) is 0.727. The number of rotatable bonds is 3. The minimum absolute atomic E-state index is 0.420. The second-order valence-electron chi connectivity index (χ2n) is 2.87. The van der Waals surface area contributed by atoms with Crippen molar-refractivity contribution < 1.29 is 0 Å². The van der Waals surface area contributed by atoms with Crippen LogP contribution in [0.4, 0.5) is 11.8 Å². The number of nitrogen functional groups attached to an aromatic ring is 1. The lowest BCUT2D eigenvalue weighted by Gasteiger charge is -2.03. The van der Waals surface area contributed by atoms with Crippen LogP contribution in [0.15, 0.2) is 22.9 Å². The molecule has 0 amide bonds. The molecule has 0 aromatic carbocycles. The summed E-state index contributed by atoms with van der Waals surface area (Å²) in [4.78, 5) is 8.14. The lowest BCUT2D eigenvalue weighted by atomic mass is 10.4. The van der Waals surface area contributed by atoms with Crippen LogP contribution in [0.3, 0.4) is 0 Å². The van der Waals surface area contributed by atoms with Gasteiger partial charge in [0.05, 0.1) is 12.2 Å². The smallest absolute Gasteiger partial charge is 0.226 e. The number of hydrogen-bond donors (Lipinski definition) is 3. The Kier molecular flexibility index (Phi) is 2.82. The van der Waals surface area contributed by atoms with Crippen molar-refractivity contribution >= 4 is 27.7 Å². The van der Waals surface area contributed by atoms with Gasteiger partial charge in [0, 0.05) is 12.3 Å². The van der Waals surface area contributed by atoms with Crippen molar-refractivity contribution in [3.05, 3.63) is 28.6 Å². The predicted octanol–water partition coefficient (Wildman–Crippen LogP) is 1.16. The number of anilines is 2. The average Bonchev–Trinajstić information content (AvgIpc) is 2.65. The van der Waals surface area contributed by atoms with E-state index < -0.39 is 0 Å². The van der Waals surface area contributed by atoms with Gasteiger partial charge in [0.25, 0.3) is 0 Å². The molecule has 2 heterocycles. The number of aromatic nitrogens is 4. The maximum atomic E-state index is 5.57. The molecule has 7 heteroatoms. The van der Waals surface area contributed by atoms with Crippen molar-refractivity contribution in [1.82, 2.24) is 20.2 Å². The third-order valence-corrected chi connectivity index (χ3v) is 2.12. The molecule has 15 heavy (non-hydrogen) atoms. The molecule has 0 aliphatic rings. The summed E-state index contributed by atoms with van der Waals surface area (Å²) < 4.78 is 0.655. The van der Waals surface area contributed by atoms with E-state index >= 15 is 0 Å². The number of nitrogens with two attached hydrogens (primary N) is 1. The van der Waals surface area contributed by atoms with Crippen LogP contribution in [0, 0.1) is 0 Å². The van der Waals surface area contributed by atoms with E-state index in [1.807, 2.05) is 6.07 Å². The molecule has 0 atom stereocenters. The standard InChI is InChI=1S/C8H9BrN6/c9-6-3-7(10)14-8(13-6)11-4-5-1-2-12-15-5/h1-3H,4H2,(H,12,15)(H3,10,11,13,14). The summed E-state index contributed by atoms with van der Waals surface area (Å²) in [5, 5.41) is 9.68. The molecule has 0 saturated carbocycles. The van der Waals surface area contributed by atoms with Gasteiger partial charge in [-0.1, -0.05) is 0 Å². The molecule has 6 nitrogen and oxygen atoms in total. The molecule has 0 bridgehead atoms. The second-order valence-corrected chi connectivity index (χ2v) is 3.69. The van der Waals surface area contributed by atoms with Gasteiger partial charge in [-0.05, 0) is 22.0 Å². The van der Waals surface area contributed by atoms with Gasteiger partial charge in [0.1, 0.15) is 10.4 Å². The van der Waals surface area contributed by atoms with Gasteiger partial charge in [-0.2, -0.15) is 10.1 Å². The lowest BCUT2D eigenvalue weighted by Crippen LogP contribution is -2.05. The first kappa shape index (κ1) is 9.91. The van der Waals surface area contributed by atoms with E-state index in [2.05, 4.69) is 41.4 Å². The molecule has 0 radical (unpaired) electrons. The monoisotopic (exact) mass is 268 g/mol. The van der Waals surface area contributed by atoms with Crippen LogP contribution in [-0.2, 0) is 6.54 Å². The first-order valence-electron chi connectivity index (χ1n) is 4.26. The molecule has 0 fully saturated rings. The minimum atomic E-state index is 0.420. The Hall–Kier alpha value is -1.63. The van der Waals surface area contributed by atoms with Gasteiger partial charge in [-0.15, -0.1) is 0 Å². The summed E-state index contributed by atoms with van der Waals surface area (Å²) in [5.41, 5.74) is 6.52. The Bertz CT molecular complexity index is 420. The van der Waals surface area contributed by atoms with Gasteiger partial charge in [0.2, 0.25) is 5.95 Å². The third-order valence-electron chi connectivity index (χ3n) is 1.71. The number of nitrogens with one attached hydrogen (secondary N) is 2. The maximum absolute atomic E-state index is 5.57. The molecule has 78 valence electrons.